The fraction of sp³-hybridized carbons (Fsp3) is 0.360. The number of amides is 1. The first-order valence-corrected chi connectivity index (χ1v) is 11.5. The van der Waals surface area contributed by atoms with Crippen molar-refractivity contribution in [2.75, 3.05) is 38.2 Å². The van der Waals surface area contributed by atoms with E-state index in [9.17, 15) is 9.59 Å². The van der Waals surface area contributed by atoms with Crippen molar-refractivity contribution >= 4 is 33.4 Å². The molecule has 3 heterocycles. The molecule has 176 valence electrons. The van der Waals surface area contributed by atoms with Crippen molar-refractivity contribution in [3.8, 4) is 0 Å². The van der Waals surface area contributed by atoms with Crippen LogP contribution >= 0.6 is 0 Å². The smallest absolute Gasteiger partial charge is 0.275 e. The first-order chi connectivity index (χ1) is 16.5. The summed E-state index contributed by atoms with van der Waals surface area (Å²) in [5.41, 5.74) is 2.91. The summed E-state index contributed by atoms with van der Waals surface area (Å²) in [6.07, 6.45) is 0.850. The lowest BCUT2D eigenvalue weighted by molar-refractivity contribution is -0.117. The van der Waals surface area contributed by atoms with Crippen molar-refractivity contribution in [3.05, 3.63) is 64.3 Å². The highest BCUT2D eigenvalue weighted by Gasteiger charge is 2.15. The van der Waals surface area contributed by atoms with Crippen LogP contribution in [0.5, 0.6) is 0 Å². The highest BCUT2D eigenvalue weighted by Crippen LogP contribution is 2.20. The van der Waals surface area contributed by atoms with E-state index in [0.717, 1.165) is 61.5 Å². The van der Waals surface area contributed by atoms with Gasteiger partial charge in [0.05, 0.1) is 35.3 Å². The highest BCUT2D eigenvalue weighted by molar-refractivity contribution is 5.93. The number of benzene rings is 2. The highest BCUT2D eigenvalue weighted by atomic mass is 16.5. The number of aryl methyl sites for hydroxylation is 2. The summed E-state index contributed by atoms with van der Waals surface area (Å²) in [7, 11) is 2.02. The number of carbonyl (C=O) groups is 1. The van der Waals surface area contributed by atoms with Gasteiger partial charge >= 0.3 is 0 Å². The van der Waals surface area contributed by atoms with Gasteiger partial charge in [-0.3, -0.25) is 14.5 Å². The lowest BCUT2D eigenvalue weighted by atomic mass is 10.1. The van der Waals surface area contributed by atoms with E-state index in [1.165, 1.54) is 4.68 Å². The van der Waals surface area contributed by atoms with Gasteiger partial charge in [0.15, 0.2) is 0 Å². The van der Waals surface area contributed by atoms with Gasteiger partial charge < -0.3 is 14.6 Å². The van der Waals surface area contributed by atoms with Gasteiger partial charge in [-0.2, -0.15) is 5.10 Å². The van der Waals surface area contributed by atoms with Crippen LogP contribution in [0.2, 0.25) is 0 Å². The number of fused-ring (bicyclic) bond motifs is 2. The maximum atomic E-state index is 12.8. The second-order valence-electron chi connectivity index (χ2n) is 8.64. The molecule has 5 rings (SSSR count). The Labute approximate surface area is 196 Å². The molecule has 1 aliphatic heterocycles. The van der Waals surface area contributed by atoms with Gasteiger partial charge in [0, 0.05) is 44.2 Å². The largest absolute Gasteiger partial charge is 0.379 e. The number of hydrogen-bond donors (Lipinski definition) is 1. The second kappa shape index (κ2) is 9.36. The Bertz CT molecular complexity index is 1420. The first kappa shape index (κ1) is 22.2. The van der Waals surface area contributed by atoms with Crippen LogP contribution in [0, 0.1) is 6.92 Å². The van der Waals surface area contributed by atoms with Crippen molar-refractivity contribution in [1.82, 2.24) is 24.2 Å². The fourth-order valence-electron chi connectivity index (χ4n) is 4.48. The Balaban J connectivity index is 1.30. The van der Waals surface area contributed by atoms with E-state index in [4.69, 9.17) is 9.72 Å². The van der Waals surface area contributed by atoms with E-state index in [1.807, 2.05) is 50.4 Å². The van der Waals surface area contributed by atoms with Crippen LogP contribution in [0.1, 0.15) is 11.5 Å². The van der Waals surface area contributed by atoms with Crippen molar-refractivity contribution in [1.29, 1.82) is 0 Å². The normalized spacial score (nSPS) is 14.6. The number of imidazole rings is 1. The molecule has 1 fully saturated rings. The Kier molecular flexibility index (Phi) is 6.12. The van der Waals surface area contributed by atoms with E-state index < -0.39 is 0 Å². The van der Waals surface area contributed by atoms with Gasteiger partial charge in [0.1, 0.15) is 12.4 Å². The summed E-state index contributed by atoms with van der Waals surface area (Å²) in [6.45, 7) is 6.09. The average Bonchev–Trinajstić information content (AvgIpc) is 3.16. The maximum Gasteiger partial charge on any atom is 0.275 e. The molecule has 0 saturated carbocycles. The molecule has 0 spiro atoms. The summed E-state index contributed by atoms with van der Waals surface area (Å²) in [4.78, 5) is 32.7. The van der Waals surface area contributed by atoms with Gasteiger partial charge in [-0.05, 0) is 31.2 Å². The number of rotatable bonds is 6. The predicted molar refractivity (Wildman–Crippen MR) is 131 cm³/mol. The molecule has 9 nitrogen and oxygen atoms in total. The lowest BCUT2D eigenvalue weighted by Gasteiger charge is -2.26. The number of aromatic nitrogens is 4. The van der Waals surface area contributed by atoms with Crippen LogP contribution in [-0.2, 0) is 29.5 Å². The molecule has 0 aliphatic carbocycles. The summed E-state index contributed by atoms with van der Waals surface area (Å²) < 4.78 is 8.74. The van der Waals surface area contributed by atoms with E-state index in [0.29, 0.717) is 16.8 Å². The molecular formula is C25H28N6O3. The third kappa shape index (κ3) is 4.44. The van der Waals surface area contributed by atoms with Crippen molar-refractivity contribution in [3.63, 3.8) is 0 Å². The topological polar surface area (TPSA) is 94.3 Å². The SMILES string of the molecule is Cc1nn(CC(=O)Nc2ccc3c(c2)nc(CCN2CCOCC2)n3C)c(=O)c2ccccc12. The minimum atomic E-state index is -0.313. The van der Waals surface area contributed by atoms with Crippen LogP contribution in [-0.4, -0.2) is 63.0 Å². The van der Waals surface area contributed by atoms with Crippen LogP contribution in [0.3, 0.4) is 0 Å². The molecule has 4 aromatic rings. The third-order valence-electron chi connectivity index (χ3n) is 6.36. The van der Waals surface area contributed by atoms with Crippen LogP contribution in [0.4, 0.5) is 5.69 Å². The summed E-state index contributed by atoms with van der Waals surface area (Å²) >= 11 is 0. The molecule has 34 heavy (non-hydrogen) atoms. The van der Waals surface area contributed by atoms with Crippen LogP contribution in [0.25, 0.3) is 21.8 Å². The molecule has 1 saturated heterocycles. The maximum absolute atomic E-state index is 12.8. The fourth-order valence-corrected chi connectivity index (χ4v) is 4.48. The molecule has 0 radical (unpaired) electrons. The summed E-state index contributed by atoms with van der Waals surface area (Å²) in [6, 6.07) is 13.0. The second-order valence-corrected chi connectivity index (χ2v) is 8.64. The van der Waals surface area contributed by atoms with E-state index >= 15 is 0 Å². The average molecular weight is 461 g/mol. The molecule has 1 N–H and O–H groups in total. The lowest BCUT2D eigenvalue weighted by Crippen LogP contribution is -2.37. The Morgan fingerprint density at radius 1 is 1.12 bits per heavy atom. The minimum Gasteiger partial charge on any atom is -0.379 e. The van der Waals surface area contributed by atoms with E-state index in [1.54, 1.807) is 6.07 Å². The zero-order valence-corrected chi connectivity index (χ0v) is 19.5. The molecule has 1 amide bonds. The Morgan fingerprint density at radius 3 is 2.68 bits per heavy atom. The molecule has 1 aliphatic rings. The Hall–Kier alpha value is -3.56. The van der Waals surface area contributed by atoms with E-state index in [-0.39, 0.29) is 18.0 Å². The minimum absolute atomic E-state index is 0.157. The molecular weight excluding hydrogens is 432 g/mol. The zero-order valence-electron chi connectivity index (χ0n) is 19.5. The number of nitrogens with zero attached hydrogens (tertiary/aromatic N) is 5. The van der Waals surface area contributed by atoms with Crippen molar-refractivity contribution in [2.45, 2.75) is 19.9 Å². The quantitative estimate of drug-likeness (QED) is 0.474. The number of ether oxygens (including phenoxy) is 1. The Morgan fingerprint density at radius 2 is 1.88 bits per heavy atom. The number of hydrogen-bond acceptors (Lipinski definition) is 6. The number of morpholine rings is 1. The molecule has 0 atom stereocenters. The van der Waals surface area contributed by atoms with Gasteiger partial charge in [-0.1, -0.05) is 18.2 Å². The van der Waals surface area contributed by atoms with Crippen LogP contribution in [0.15, 0.2) is 47.3 Å². The number of nitrogens with one attached hydrogen (secondary N) is 1. The van der Waals surface area contributed by atoms with Crippen molar-refractivity contribution in [2.24, 2.45) is 7.05 Å². The molecule has 2 aromatic heterocycles. The number of carbonyl (C=O) groups excluding carboxylic acids is 1. The monoisotopic (exact) mass is 460 g/mol. The van der Waals surface area contributed by atoms with Crippen molar-refractivity contribution < 1.29 is 9.53 Å². The molecule has 2 aromatic carbocycles. The number of anilines is 1. The molecule has 0 bridgehead atoms. The van der Waals surface area contributed by atoms with Gasteiger partial charge in [0.2, 0.25) is 5.91 Å². The zero-order chi connectivity index (χ0) is 23.7. The first-order valence-electron chi connectivity index (χ1n) is 11.5. The van der Waals surface area contributed by atoms with Gasteiger partial charge in [0.25, 0.3) is 5.56 Å². The summed E-state index contributed by atoms with van der Waals surface area (Å²) in [5, 5.41) is 8.56. The van der Waals surface area contributed by atoms with Crippen LogP contribution < -0.4 is 10.9 Å². The summed E-state index contributed by atoms with van der Waals surface area (Å²) in [5.74, 6) is 0.694. The predicted octanol–water partition coefficient (Wildman–Crippen LogP) is 2.11. The third-order valence-corrected chi connectivity index (χ3v) is 6.36. The van der Waals surface area contributed by atoms with Gasteiger partial charge in [-0.15, -0.1) is 0 Å². The molecule has 9 heteroatoms. The standard InChI is InChI=1S/C25H28N6O3/c1-17-19-5-3-4-6-20(19)25(33)31(28-17)16-24(32)26-18-7-8-22-21(15-18)27-23(29(22)2)9-10-30-11-13-34-14-12-30/h3-8,15H,9-14,16H2,1-2H3,(H,26,32). The molecule has 0 unspecified atom stereocenters. The van der Waals surface area contributed by atoms with Gasteiger partial charge in [-0.25, -0.2) is 9.67 Å². The van der Waals surface area contributed by atoms with E-state index in [2.05, 4.69) is 19.9 Å².